The third-order valence-electron chi connectivity index (χ3n) is 12.5. The summed E-state index contributed by atoms with van der Waals surface area (Å²) in [5, 5.41) is 3.39. The number of oxazole rings is 1. The predicted molar refractivity (Wildman–Crippen MR) is 313 cm³/mol. The van der Waals surface area contributed by atoms with Gasteiger partial charge >= 0.3 is 27.9 Å². The van der Waals surface area contributed by atoms with Crippen molar-refractivity contribution in [1.29, 1.82) is 0 Å². The number of aromatic nitrogens is 1. The summed E-state index contributed by atoms with van der Waals surface area (Å²) in [6, 6.07) is 54.1. The molecule has 5 aromatic rings. The van der Waals surface area contributed by atoms with Gasteiger partial charge in [-0.15, -0.1) is 0 Å². The fourth-order valence-corrected chi connectivity index (χ4v) is 9.67. The number of halogens is 12. The third kappa shape index (κ3) is 20.5. The van der Waals surface area contributed by atoms with Crippen LogP contribution in [0.4, 0.5) is 44.5 Å². The second kappa shape index (κ2) is 36.8. The number of fused-ring (bicyclic) bond motifs is 4. The number of hydrogen-bond donors (Lipinski definition) is 0. The third-order valence-corrected chi connectivity index (χ3v) is 13.3. The maximum absolute atomic E-state index is 9.67. The van der Waals surface area contributed by atoms with Crippen LogP contribution in [-0.2, 0) is 6.54 Å². The summed E-state index contributed by atoms with van der Waals surface area (Å²) in [6.45, 7) is 23.0. The van der Waals surface area contributed by atoms with E-state index in [1.54, 1.807) is 11.8 Å². The van der Waals surface area contributed by atoms with Crippen LogP contribution in [0, 0.1) is 6.92 Å². The van der Waals surface area contributed by atoms with E-state index in [-0.39, 0.29) is 14.1 Å². The SMILES string of the molecule is CCN1/C(=C/c2cc(-c3ccccc3)oc3cc(=[N+](CC)CC)ccc2-3)Oc2ccccc21.CCSc1oc2ccccc2[n+]1CC.CC[N+](CC)=c1ccc2c(C)cc(-c3ccccc3)oc-2c1.FB(F)F.FB(F)F.FB(F)F.[F-].[F-].[F-]. The minimum atomic E-state index is -3.67. The van der Waals surface area contributed by atoms with Crippen LogP contribution in [0.2, 0.25) is 0 Å². The quantitative estimate of drug-likeness (QED) is 0.0619. The number of anilines is 1. The van der Waals surface area contributed by atoms with Crippen molar-refractivity contribution in [2.75, 3.05) is 43.4 Å². The minimum Gasteiger partial charge on any atom is -1.00 e. The van der Waals surface area contributed by atoms with Gasteiger partial charge in [0.25, 0.3) is 5.52 Å². The summed E-state index contributed by atoms with van der Waals surface area (Å²) >= 11 is 1.75. The first kappa shape index (κ1) is 72.4. The topological polar surface area (TPSA) is 61.8 Å². The highest BCUT2D eigenvalue weighted by atomic mass is 32.2. The largest absolute Gasteiger partial charge is 1.00 e. The molecule has 3 aliphatic heterocycles. The monoisotopic (exact) mass is 1200 g/mol. The molecule has 0 N–H and O–H groups in total. The molecular weight excluding hydrogens is 1130 g/mol. The zero-order chi connectivity index (χ0) is 59.0. The average Bonchev–Trinajstić information content (AvgIpc) is 2.04. The zero-order valence-electron chi connectivity index (χ0n) is 47.6. The summed E-state index contributed by atoms with van der Waals surface area (Å²) < 4.78 is 119. The molecule has 448 valence electrons. The second-order valence-electron chi connectivity index (χ2n) is 17.3. The molecule has 0 saturated heterocycles. The maximum Gasteiger partial charge on any atom is 0.762 e. The molecule has 2 aliphatic carbocycles. The number of aryl methyl sites for hydroxylation is 2. The fourth-order valence-electron chi connectivity index (χ4n) is 8.89. The second-order valence-corrected chi connectivity index (χ2v) is 18.6. The van der Waals surface area contributed by atoms with E-state index >= 15 is 0 Å². The van der Waals surface area contributed by atoms with Gasteiger partial charge in [0.15, 0.2) is 12.3 Å². The van der Waals surface area contributed by atoms with Gasteiger partial charge in [-0.1, -0.05) is 91.9 Å². The standard InChI is InChI=1S/C29H29N2O2.C20H22NO.C11H14NOS.3BF3.3FH/c1-4-30(5-2)23-16-17-24-22(18-27(32-28(24)20-23)21-12-8-7-9-13-21)19-29-31(6-3)25-14-10-11-15-26(25)33-29;1-4-21(5-2)17-11-12-18-15(3)13-19(22-20(18)14-17)16-9-7-6-8-10-16;1-3-12-9-7-5-6-8-10(9)13-11(12)14-4-2;3*2-1(3)4;;;/h7-20H,4-6H2,1-3H3;6-14H,4-5H2,1-3H3;5-8H,3-4H2,1-2H3;;;;3*1H/q3*+1;;;;;;/p-3. The van der Waals surface area contributed by atoms with Crippen molar-refractivity contribution in [2.45, 2.75) is 67.2 Å². The lowest BCUT2D eigenvalue weighted by molar-refractivity contribution is -0.713. The van der Waals surface area contributed by atoms with Gasteiger partial charge in [0, 0.05) is 58.8 Å². The number of nitrogens with zero attached hydrogens (tertiary/aromatic N) is 4. The van der Waals surface area contributed by atoms with Crippen LogP contribution >= 0.6 is 11.8 Å². The first-order chi connectivity index (χ1) is 39.0. The molecule has 0 amide bonds. The van der Waals surface area contributed by atoms with Gasteiger partial charge in [0.1, 0.15) is 49.2 Å². The van der Waals surface area contributed by atoms with Crippen LogP contribution in [0.5, 0.6) is 5.75 Å². The normalized spacial score (nSPS) is 11.1. The van der Waals surface area contributed by atoms with Gasteiger partial charge in [-0.25, -0.2) is 9.15 Å². The molecule has 0 atom stereocenters. The van der Waals surface area contributed by atoms with E-state index in [0.717, 1.165) is 118 Å². The lowest BCUT2D eigenvalue weighted by Crippen LogP contribution is -3.00. The molecule has 10 rings (SSSR count). The van der Waals surface area contributed by atoms with Crippen molar-refractivity contribution < 1.29 is 75.5 Å². The number of thioether (sulfide) groups is 1. The number of benzene rings is 6. The van der Waals surface area contributed by atoms with Crippen molar-refractivity contribution in [1.82, 2.24) is 9.15 Å². The summed E-state index contributed by atoms with van der Waals surface area (Å²) in [4.78, 5) is 2.21. The van der Waals surface area contributed by atoms with E-state index < -0.39 is 22.6 Å². The zero-order valence-corrected chi connectivity index (χ0v) is 48.5. The van der Waals surface area contributed by atoms with Crippen LogP contribution in [0.15, 0.2) is 182 Å². The molecule has 0 fully saturated rings. The Balaban J connectivity index is 0.000000408. The Morgan fingerprint density at radius 3 is 1.45 bits per heavy atom. The molecule has 0 bridgehead atoms. The van der Waals surface area contributed by atoms with Crippen molar-refractivity contribution >= 4 is 57.3 Å². The Morgan fingerprint density at radius 1 is 0.512 bits per heavy atom. The van der Waals surface area contributed by atoms with Gasteiger partial charge in [-0.3, -0.25) is 38.8 Å². The molecule has 1 aromatic heterocycles. The Morgan fingerprint density at radius 2 is 0.964 bits per heavy atom. The molecule has 0 saturated carbocycles. The highest BCUT2D eigenvalue weighted by Gasteiger charge is 2.26. The molecule has 84 heavy (non-hydrogen) atoms. The van der Waals surface area contributed by atoms with Crippen LogP contribution in [0.3, 0.4) is 0 Å². The van der Waals surface area contributed by atoms with Crippen LogP contribution < -0.4 is 48.2 Å². The number of rotatable bonds is 11. The van der Waals surface area contributed by atoms with Gasteiger partial charge < -0.3 is 37.0 Å². The number of para-hydroxylation sites is 4. The summed E-state index contributed by atoms with van der Waals surface area (Å²) in [5.74, 6) is 6.34. The van der Waals surface area contributed by atoms with Gasteiger partial charge in [-0.2, -0.15) is 4.57 Å². The average molecular weight is 1200 g/mol. The fraction of sp³-hybridized carbons (Fsp3) is 0.250. The van der Waals surface area contributed by atoms with E-state index in [1.807, 2.05) is 72.8 Å². The first-order valence-electron chi connectivity index (χ1n) is 26.5. The lowest BCUT2D eigenvalue weighted by Gasteiger charge is -2.17. The molecule has 8 nitrogen and oxygen atoms in total. The lowest BCUT2D eigenvalue weighted by atomic mass is 10.0. The van der Waals surface area contributed by atoms with Gasteiger partial charge in [0.05, 0.1) is 17.8 Å². The summed E-state index contributed by atoms with van der Waals surface area (Å²) in [6.07, 6.45) is 2.13. The van der Waals surface area contributed by atoms with E-state index in [4.69, 9.17) is 18.0 Å². The number of hydrogen-bond acceptors (Lipinski definition) is 6. The summed E-state index contributed by atoms with van der Waals surface area (Å²) in [5.41, 5.74) is 9.98. The van der Waals surface area contributed by atoms with Gasteiger partial charge in [-0.05, 0) is 114 Å². The minimum absolute atomic E-state index is 0. The van der Waals surface area contributed by atoms with Crippen LogP contribution in [-0.4, -0.2) is 61.1 Å². The summed E-state index contributed by atoms with van der Waals surface area (Å²) in [7, 11) is -11.0. The molecule has 0 unspecified atom stereocenters. The van der Waals surface area contributed by atoms with E-state index in [9.17, 15) is 38.8 Å². The van der Waals surface area contributed by atoms with Crippen molar-refractivity contribution in [3.8, 4) is 51.0 Å². The molecular formula is C60H65B3F12N4O4S. The van der Waals surface area contributed by atoms with Crippen LogP contribution in [0.1, 0.15) is 59.6 Å². The highest BCUT2D eigenvalue weighted by Crippen LogP contribution is 2.41. The predicted octanol–water partition coefficient (Wildman–Crippen LogP) is 6.76. The Kier molecular flexibility index (Phi) is 31.7. The molecule has 0 radical (unpaired) electrons. The van der Waals surface area contributed by atoms with E-state index in [2.05, 4.69) is 165 Å². The van der Waals surface area contributed by atoms with Gasteiger partial charge in [0.2, 0.25) is 22.2 Å². The smallest absolute Gasteiger partial charge is 0.762 e. The van der Waals surface area contributed by atoms with Crippen molar-refractivity contribution in [3.63, 3.8) is 0 Å². The highest BCUT2D eigenvalue weighted by molar-refractivity contribution is 7.98. The Labute approximate surface area is 487 Å². The molecule has 4 heterocycles. The molecule has 5 aliphatic rings. The molecule has 4 aromatic carbocycles. The van der Waals surface area contributed by atoms with E-state index in [1.165, 1.54) is 27.4 Å². The molecule has 24 heteroatoms. The number of ether oxygens (including phenoxy) is 1. The Hall–Kier alpha value is -7.75. The Bertz CT molecular complexity index is 3450. The maximum atomic E-state index is 9.67. The van der Waals surface area contributed by atoms with E-state index in [0.29, 0.717) is 0 Å². The van der Waals surface area contributed by atoms with Crippen molar-refractivity contribution in [2.24, 2.45) is 0 Å². The van der Waals surface area contributed by atoms with Crippen LogP contribution in [0.25, 0.3) is 62.5 Å². The first-order valence-corrected chi connectivity index (χ1v) is 27.4. The van der Waals surface area contributed by atoms with Crippen molar-refractivity contribution in [3.05, 3.63) is 185 Å². The molecule has 0 spiro atoms.